The van der Waals surface area contributed by atoms with Crippen molar-refractivity contribution in [3.05, 3.63) is 29.8 Å². The maximum Gasteiger partial charge on any atom is 0.471 e. The van der Waals surface area contributed by atoms with Crippen molar-refractivity contribution in [3.8, 4) is 5.75 Å². The van der Waals surface area contributed by atoms with Gasteiger partial charge in [-0.2, -0.15) is 74.6 Å². The first-order valence-electron chi connectivity index (χ1n) is 11.4. The topological polar surface area (TPSA) is 41.6 Å². The molecule has 0 heterocycles. The Bertz CT molecular complexity index is 1090. The fourth-order valence-corrected chi connectivity index (χ4v) is 3.11. The quantitative estimate of drug-likeness (QED) is 0.156. The van der Waals surface area contributed by atoms with Crippen LogP contribution in [0.15, 0.2) is 24.3 Å². The second-order valence-corrected chi connectivity index (χ2v) is 9.28. The zero-order valence-corrected chi connectivity index (χ0v) is 21.5. The fourth-order valence-electron chi connectivity index (χ4n) is 3.11. The maximum atomic E-state index is 14.0. The van der Waals surface area contributed by atoms with Crippen LogP contribution in [0, 0.1) is 0 Å². The van der Waals surface area contributed by atoms with Crippen LogP contribution in [0.5, 0.6) is 5.75 Å². The monoisotopic (exact) mass is 668 g/mol. The molecule has 1 rings (SSSR count). The van der Waals surface area contributed by atoms with Crippen molar-refractivity contribution in [2.24, 2.45) is 0 Å². The minimum absolute atomic E-state index is 0.102. The van der Waals surface area contributed by atoms with Gasteiger partial charge in [0, 0.05) is 12.1 Å². The van der Waals surface area contributed by atoms with Crippen molar-refractivity contribution in [3.63, 3.8) is 0 Å². The zero-order chi connectivity index (χ0) is 34.1. The van der Waals surface area contributed by atoms with Crippen LogP contribution in [0.3, 0.4) is 0 Å². The maximum absolute atomic E-state index is 14.0. The third-order valence-corrected chi connectivity index (χ3v) is 5.50. The summed E-state index contributed by atoms with van der Waals surface area (Å²) in [6.07, 6.45) is -16.7. The fraction of sp³-hybridized carbons (Fsp3) is 0.682. The second kappa shape index (κ2) is 12.3. The molecule has 43 heavy (non-hydrogen) atoms. The van der Waals surface area contributed by atoms with E-state index < -0.39 is 65.9 Å². The van der Waals surface area contributed by atoms with Crippen molar-refractivity contribution in [2.75, 3.05) is 27.2 Å². The molecule has 1 aromatic carbocycles. The Kier molecular flexibility index (Phi) is 11.0. The molecule has 0 radical (unpaired) electrons. The molecule has 0 spiro atoms. The number of unbranched alkanes of at least 4 members (excludes halogenated alkanes) is 1. The van der Waals surface area contributed by atoms with Gasteiger partial charge in [0.15, 0.2) is 0 Å². The number of carbonyl (C=O) groups excluding carboxylic acids is 1. The molecule has 0 aliphatic carbocycles. The van der Waals surface area contributed by atoms with E-state index in [0.29, 0.717) is 31.5 Å². The van der Waals surface area contributed by atoms with E-state index >= 15 is 0 Å². The van der Waals surface area contributed by atoms with Crippen molar-refractivity contribution in [2.45, 2.75) is 67.1 Å². The van der Waals surface area contributed by atoms with E-state index in [1.54, 1.807) is 14.1 Å². The summed E-state index contributed by atoms with van der Waals surface area (Å²) in [5.74, 6) is -51.3. The molecule has 0 aliphatic rings. The van der Waals surface area contributed by atoms with Crippen LogP contribution < -0.4 is 10.1 Å². The van der Waals surface area contributed by atoms with Crippen LogP contribution in [0.1, 0.15) is 29.6 Å². The van der Waals surface area contributed by atoms with Crippen LogP contribution in [0.25, 0.3) is 0 Å². The number of rotatable bonds is 15. The first-order valence-corrected chi connectivity index (χ1v) is 11.4. The molecule has 21 heteroatoms. The van der Waals surface area contributed by atoms with Gasteiger partial charge in [-0.15, -0.1) is 0 Å². The molecule has 0 fully saturated rings. The number of nitrogens with one attached hydrogen (secondary N) is 1. The highest BCUT2D eigenvalue weighted by Gasteiger charge is 2.93. The lowest BCUT2D eigenvalue weighted by atomic mass is 9.90. The largest absolute Gasteiger partial charge is 0.471 e. The molecule has 0 saturated carbocycles. The lowest BCUT2D eigenvalue weighted by Gasteiger charge is -2.42. The van der Waals surface area contributed by atoms with Gasteiger partial charge in [-0.05, 0) is 57.7 Å². The number of ether oxygens (including phenoxy) is 1. The summed E-state index contributed by atoms with van der Waals surface area (Å²) in [5.41, 5.74) is -0.367. The van der Waals surface area contributed by atoms with Gasteiger partial charge in [-0.3, -0.25) is 4.79 Å². The Morgan fingerprint density at radius 3 is 1.56 bits per heavy atom. The predicted molar refractivity (Wildman–Crippen MR) is 112 cm³/mol. The number of hydrogen-bond donors (Lipinski definition) is 1. The van der Waals surface area contributed by atoms with Gasteiger partial charge >= 0.3 is 47.8 Å². The lowest BCUT2D eigenvalue weighted by molar-refractivity contribution is -0.459. The van der Waals surface area contributed by atoms with E-state index in [1.165, 1.54) is 0 Å². The zero-order valence-electron chi connectivity index (χ0n) is 21.5. The Morgan fingerprint density at radius 2 is 1.12 bits per heavy atom. The normalized spacial score (nSPS) is 14.7. The number of amides is 1. The van der Waals surface area contributed by atoms with Gasteiger partial charge in [0.05, 0.1) is 0 Å². The number of benzene rings is 1. The van der Waals surface area contributed by atoms with Crippen LogP contribution in [-0.4, -0.2) is 85.8 Å². The van der Waals surface area contributed by atoms with Crippen LogP contribution >= 0.6 is 0 Å². The average molecular weight is 668 g/mol. The summed E-state index contributed by atoms with van der Waals surface area (Å²) in [7, 11) is 3.54. The van der Waals surface area contributed by atoms with Crippen molar-refractivity contribution < 1.29 is 84.2 Å². The smallest absolute Gasteiger partial charge is 0.428 e. The summed E-state index contributed by atoms with van der Waals surface area (Å²) in [6.45, 7) is 0.751. The van der Waals surface area contributed by atoms with Gasteiger partial charge in [0.25, 0.3) is 5.91 Å². The van der Waals surface area contributed by atoms with Crippen LogP contribution in [0.4, 0.5) is 74.6 Å². The Morgan fingerprint density at radius 1 is 0.674 bits per heavy atom. The molecule has 0 atom stereocenters. The van der Waals surface area contributed by atoms with Gasteiger partial charge in [0.2, 0.25) is 0 Å². The SMILES string of the molecule is CN(C)CCCCNC(=O)c1ccc(OC(F)(F)C(F)(F)C(F)(F)C(F)(F)C(F)(F)C(F)(F)C(F)(F)CC(F)(F)F)cc1. The van der Waals surface area contributed by atoms with E-state index in [1.807, 2.05) is 4.90 Å². The number of alkyl halides is 17. The van der Waals surface area contributed by atoms with Gasteiger partial charge < -0.3 is 15.0 Å². The molecular formula is C22H21F17N2O2. The molecule has 0 aromatic heterocycles. The van der Waals surface area contributed by atoms with Crippen molar-refractivity contribution in [1.29, 1.82) is 0 Å². The van der Waals surface area contributed by atoms with E-state index in [2.05, 4.69) is 10.1 Å². The van der Waals surface area contributed by atoms with Crippen LogP contribution in [0.2, 0.25) is 0 Å². The molecule has 0 aliphatic heterocycles. The van der Waals surface area contributed by atoms with Gasteiger partial charge in [-0.1, -0.05) is 0 Å². The van der Waals surface area contributed by atoms with Crippen LogP contribution in [-0.2, 0) is 0 Å². The van der Waals surface area contributed by atoms with Gasteiger partial charge in [-0.25, -0.2) is 0 Å². The summed E-state index contributed by atoms with van der Waals surface area (Å²) in [6, 6.07) is 1.59. The summed E-state index contributed by atoms with van der Waals surface area (Å²) >= 11 is 0. The summed E-state index contributed by atoms with van der Waals surface area (Å²) < 4.78 is 232. The molecule has 1 amide bonds. The minimum atomic E-state index is -8.55. The summed E-state index contributed by atoms with van der Waals surface area (Å²) in [4.78, 5) is 13.8. The number of carbonyl (C=O) groups is 1. The first kappa shape index (κ1) is 38.3. The molecule has 0 unspecified atom stereocenters. The number of nitrogens with zero attached hydrogens (tertiary/aromatic N) is 1. The highest BCUT2D eigenvalue weighted by molar-refractivity contribution is 5.94. The molecule has 0 bridgehead atoms. The van der Waals surface area contributed by atoms with Gasteiger partial charge in [0.1, 0.15) is 12.2 Å². The van der Waals surface area contributed by atoms with E-state index in [9.17, 15) is 79.4 Å². The summed E-state index contributed by atoms with van der Waals surface area (Å²) in [5, 5.41) is 2.35. The molecule has 0 saturated heterocycles. The average Bonchev–Trinajstić information content (AvgIpc) is 2.81. The molecule has 1 N–H and O–H groups in total. The predicted octanol–water partition coefficient (Wildman–Crippen LogP) is 7.49. The van der Waals surface area contributed by atoms with E-state index in [-0.39, 0.29) is 24.2 Å². The first-order chi connectivity index (χ1) is 19.0. The van der Waals surface area contributed by atoms with Crippen molar-refractivity contribution >= 4 is 5.91 Å². The molecule has 1 aromatic rings. The molecular weight excluding hydrogens is 647 g/mol. The van der Waals surface area contributed by atoms with E-state index in [0.717, 1.165) is 0 Å². The second-order valence-electron chi connectivity index (χ2n) is 9.28. The minimum Gasteiger partial charge on any atom is -0.428 e. The Balaban J connectivity index is 3.23. The van der Waals surface area contributed by atoms with E-state index in [4.69, 9.17) is 0 Å². The number of halogens is 17. The number of hydrogen-bond acceptors (Lipinski definition) is 3. The standard InChI is InChI=1S/C22H21F17N2O2/c1-41(2)10-4-3-9-40-14(42)12-5-7-13(8-6-12)43-22(38,39)21(36,37)20(34,35)19(32,33)18(30,31)17(28,29)15(23,24)11-16(25,26)27/h5-8H,3-4,9-11H2,1-2H3,(H,40,42). The highest BCUT2D eigenvalue weighted by Crippen LogP contribution is 2.63. The molecule has 250 valence electrons. The third kappa shape index (κ3) is 7.68. The highest BCUT2D eigenvalue weighted by atomic mass is 19.4. The third-order valence-electron chi connectivity index (χ3n) is 5.50. The molecule has 4 nitrogen and oxygen atoms in total. The Labute approximate surface area is 231 Å². The Hall–Kier alpha value is -2.74. The lowest BCUT2D eigenvalue weighted by Crippen LogP contribution is -2.73. The van der Waals surface area contributed by atoms with Crippen molar-refractivity contribution in [1.82, 2.24) is 10.2 Å².